The predicted molar refractivity (Wildman–Crippen MR) is 117 cm³/mol. The number of likely N-dealkylation sites (tertiary alicyclic amines) is 1. The molecule has 0 radical (unpaired) electrons. The van der Waals surface area contributed by atoms with Crippen molar-refractivity contribution in [2.24, 2.45) is 5.92 Å². The number of hydrogen-bond donors (Lipinski definition) is 2. The van der Waals surface area contributed by atoms with Gasteiger partial charge in [0.15, 0.2) is 0 Å². The molecule has 4 rings (SSSR count). The Kier molecular flexibility index (Phi) is 6.18. The highest BCUT2D eigenvalue weighted by atomic mass is 35.5. The van der Waals surface area contributed by atoms with E-state index in [1.807, 2.05) is 12.1 Å². The molecular weight excluding hydrogens is 418 g/mol. The molecule has 0 saturated carbocycles. The van der Waals surface area contributed by atoms with E-state index in [-0.39, 0.29) is 17.7 Å². The van der Waals surface area contributed by atoms with Gasteiger partial charge in [-0.15, -0.1) is 0 Å². The van der Waals surface area contributed by atoms with E-state index in [0.29, 0.717) is 47.4 Å². The smallest absolute Gasteiger partial charge is 0.271 e. The highest BCUT2D eigenvalue weighted by Crippen LogP contribution is 2.28. The highest BCUT2D eigenvalue weighted by Gasteiger charge is 2.30. The number of hydrogen-bond acceptors (Lipinski definition) is 5. The normalized spacial score (nSPS) is 16.1. The molecule has 1 saturated heterocycles. The third-order valence-electron chi connectivity index (χ3n) is 5.28. The third kappa shape index (κ3) is 4.69. The molecule has 1 aliphatic heterocycles. The standard InChI is InChI=1S/C22H22ClN5O3/c1-31-20-5-4-16(11-17(20)23)25-21(29)15-3-2-10-28(13-15)22(30)19-12-18(26-27-19)14-6-8-24-9-7-14/h4-9,11-12,15H,2-3,10,13H2,1H3,(H,25,29)(H,26,27)/t15-/m0/s1. The molecule has 2 N–H and O–H groups in total. The fraction of sp³-hybridized carbons (Fsp3) is 0.273. The quantitative estimate of drug-likeness (QED) is 0.632. The minimum atomic E-state index is -0.304. The Morgan fingerprint density at radius 1 is 1.23 bits per heavy atom. The second-order valence-corrected chi connectivity index (χ2v) is 7.74. The van der Waals surface area contributed by atoms with Crippen molar-refractivity contribution in [1.82, 2.24) is 20.1 Å². The van der Waals surface area contributed by atoms with Gasteiger partial charge in [-0.2, -0.15) is 5.10 Å². The van der Waals surface area contributed by atoms with Crippen molar-refractivity contribution in [2.75, 3.05) is 25.5 Å². The molecule has 8 nitrogen and oxygen atoms in total. The van der Waals surface area contributed by atoms with Gasteiger partial charge in [-0.3, -0.25) is 19.7 Å². The first kappa shape index (κ1) is 20.9. The molecule has 1 atom stereocenters. The number of benzene rings is 1. The van der Waals surface area contributed by atoms with Gasteiger partial charge in [0.05, 0.1) is 23.7 Å². The predicted octanol–water partition coefficient (Wildman–Crippen LogP) is 3.62. The molecule has 0 spiro atoms. The van der Waals surface area contributed by atoms with Crippen molar-refractivity contribution in [3.05, 3.63) is 59.5 Å². The van der Waals surface area contributed by atoms with Crippen LogP contribution >= 0.6 is 11.6 Å². The van der Waals surface area contributed by atoms with E-state index in [2.05, 4.69) is 20.5 Å². The van der Waals surface area contributed by atoms with Gasteiger partial charge in [-0.1, -0.05) is 11.6 Å². The first-order valence-corrected chi connectivity index (χ1v) is 10.3. The van der Waals surface area contributed by atoms with Gasteiger partial charge in [0, 0.05) is 36.7 Å². The number of pyridine rings is 1. The number of halogens is 1. The molecular formula is C22H22ClN5O3. The first-order chi connectivity index (χ1) is 15.0. The average Bonchev–Trinajstić information content (AvgIpc) is 3.30. The maximum absolute atomic E-state index is 13.0. The highest BCUT2D eigenvalue weighted by molar-refractivity contribution is 6.32. The van der Waals surface area contributed by atoms with Crippen LogP contribution in [0.15, 0.2) is 48.8 Å². The summed E-state index contributed by atoms with van der Waals surface area (Å²) in [6.07, 6.45) is 4.81. The van der Waals surface area contributed by atoms with Crippen molar-refractivity contribution in [1.29, 1.82) is 0 Å². The van der Waals surface area contributed by atoms with Crippen LogP contribution in [-0.2, 0) is 4.79 Å². The number of nitrogens with zero attached hydrogens (tertiary/aromatic N) is 3. The van der Waals surface area contributed by atoms with Crippen LogP contribution in [0.5, 0.6) is 5.75 Å². The van der Waals surface area contributed by atoms with Crippen LogP contribution < -0.4 is 10.1 Å². The molecule has 2 amide bonds. The number of H-pyrrole nitrogens is 1. The van der Waals surface area contributed by atoms with Crippen LogP contribution in [0.3, 0.4) is 0 Å². The van der Waals surface area contributed by atoms with Crippen molar-refractivity contribution in [3.63, 3.8) is 0 Å². The van der Waals surface area contributed by atoms with Gasteiger partial charge in [0.2, 0.25) is 5.91 Å². The molecule has 0 unspecified atom stereocenters. The number of amides is 2. The Hall–Kier alpha value is -3.39. The molecule has 1 aromatic carbocycles. The summed E-state index contributed by atoms with van der Waals surface area (Å²) in [5.74, 6) is -0.0698. The van der Waals surface area contributed by atoms with Gasteiger partial charge in [0.25, 0.3) is 5.91 Å². The number of piperidine rings is 1. The van der Waals surface area contributed by atoms with E-state index in [9.17, 15) is 9.59 Å². The number of ether oxygens (including phenoxy) is 1. The fourth-order valence-electron chi connectivity index (χ4n) is 3.64. The molecule has 3 heterocycles. The summed E-state index contributed by atoms with van der Waals surface area (Å²) in [4.78, 5) is 31.4. The van der Waals surface area contributed by atoms with E-state index >= 15 is 0 Å². The van der Waals surface area contributed by atoms with Gasteiger partial charge >= 0.3 is 0 Å². The number of nitrogens with one attached hydrogen (secondary N) is 2. The lowest BCUT2D eigenvalue weighted by Crippen LogP contribution is -2.43. The molecule has 0 bridgehead atoms. The zero-order valence-electron chi connectivity index (χ0n) is 17.0. The Labute approximate surface area is 184 Å². The molecule has 3 aromatic rings. The van der Waals surface area contributed by atoms with Gasteiger partial charge < -0.3 is 15.0 Å². The minimum absolute atomic E-state index is 0.138. The Morgan fingerprint density at radius 3 is 2.77 bits per heavy atom. The number of aromatic nitrogens is 3. The van der Waals surface area contributed by atoms with Gasteiger partial charge in [0.1, 0.15) is 11.4 Å². The summed E-state index contributed by atoms with van der Waals surface area (Å²) >= 11 is 6.14. The van der Waals surface area contributed by atoms with E-state index in [1.165, 1.54) is 7.11 Å². The maximum atomic E-state index is 13.0. The summed E-state index contributed by atoms with van der Waals surface area (Å²) in [5.41, 5.74) is 2.54. The number of carbonyl (C=O) groups is 2. The number of anilines is 1. The van der Waals surface area contributed by atoms with Crippen molar-refractivity contribution in [2.45, 2.75) is 12.8 Å². The van der Waals surface area contributed by atoms with Crippen molar-refractivity contribution in [3.8, 4) is 17.0 Å². The zero-order valence-corrected chi connectivity index (χ0v) is 17.7. The van der Waals surface area contributed by atoms with Crippen LogP contribution in [0.2, 0.25) is 5.02 Å². The van der Waals surface area contributed by atoms with E-state index in [4.69, 9.17) is 16.3 Å². The SMILES string of the molecule is COc1ccc(NC(=O)[C@H]2CCCN(C(=O)c3cc(-c4ccncc4)n[nH]3)C2)cc1Cl. The molecule has 31 heavy (non-hydrogen) atoms. The first-order valence-electron chi connectivity index (χ1n) is 9.94. The Bertz CT molecular complexity index is 1090. The van der Waals surface area contributed by atoms with Crippen LogP contribution in [-0.4, -0.2) is 52.1 Å². The summed E-state index contributed by atoms with van der Waals surface area (Å²) in [6.45, 7) is 0.943. The van der Waals surface area contributed by atoms with Crippen LogP contribution in [0.1, 0.15) is 23.3 Å². The third-order valence-corrected chi connectivity index (χ3v) is 5.58. The largest absolute Gasteiger partial charge is 0.495 e. The van der Waals surface area contributed by atoms with Crippen LogP contribution in [0.25, 0.3) is 11.3 Å². The van der Waals surface area contributed by atoms with E-state index in [1.54, 1.807) is 41.6 Å². The molecule has 9 heteroatoms. The fourth-order valence-corrected chi connectivity index (χ4v) is 3.89. The molecule has 0 aliphatic carbocycles. The minimum Gasteiger partial charge on any atom is -0.495 e. The maximum Gasteiger partial charge on any atom is 0.271 e. The van der Waals surface area contributed by atoms with E-state index < -0.39 is 0 Å². The number of carbonyl (C=O) groups excluding carboxylic acids is 2. The summed E-state index contributed by atoms with van der Waals surface area (Å²) in [5, 5.41) is 10.4. The molecule has 1 aliphatic rings. The Morgan fingerprint density at radius 2 is 2.03 bits per heavy atom. The lowest BCUT2D eigenvalue weighted by atomic mass is 9.96. The number of aromatic amines is 1. The lowest BCUT2D eigenvalue weighted by Gasteiger charge is -2.31. The molecule has 2 aromatic heterocycles. The number of methoxy groups -OCH3 is 1. The van der Waals surface area contributed by atoms with Crippen molar-refractivity contribution < 1.29 is 14.3 Å². The summed E-state index contributed by atoms with van der Waals surface area (Å²) in [6, 6.07) is 10.5. The van der Waals surface area contributed by atoms with Gasteiger partial charge in [-0.25, -0.2) is 0 Å². The second-order valence-electron chi connectivity index (χ2n) is 7.33. The van der Waals surface area contributed by atoms with Crippen LogP contribution in [0, 0.1) is 5.92 Å². The average molecular weight is 440 g/mol. The number of rotatable bonds is 5. The second kappa shape index (κ2) is 9.18. The molecule has 1 fully saturated rings. The van der Waals surface area contributed by atoms with Gasteiger partial charge in [-0.05, 0) is 49.2 Å². The summed E-state index contributed by atoms with van der Waals surface area (Å²) in [7, 11) is 1.53. The monoisotopic (exact) mass is 439 g/mol. The Balaban J connectivity index is 1.41. The summed E-state index contributed by atoms with van der Waals surface area (Å²) < 4.78 is 5.13. The van der Waals surface area contributed by atoms with Crippen molar-refractivity contribution >= 4 is 29.1 Å². The topological polar surface area (TPSA) is 100 Å². The lowest BCUT2D eigenvalue weighted by molar-refractivity contribution is -0.121. The van der Waals surface area contributed by atoms with E-state index in [0.717, 1.165) is 12.0 Å². The van der Waals surface area contributed by atoms with Crippen LogP contribution in [0.4, 0.5) is 5.69 Å². The molecule has 160 valence electrons. The zero-order chi connectivity index (χ0) is 21.8.